The first-order chi connectivity index (χ1) is 9.49. The normalized spacial score (nSPS) is 35.5. The topological polar surface area (TPSA) is 55.8 Å². The summed E-state index contributed by atoms with van der Waals surface area (Å²) >= 11 is 0. The lowest BCUT2D eigenvalue weighted by Gasteiger charge is -2.44. The first kappa shape index (κ1) is 14.8. The zero-order chi connectivity index (χ0) is 14.2. The second-order valence-corrected chi connectivity index (χ2v) is 8.78. The van der Waals surface area contributed by atoms with Crippen LogP contribution in [0.1, 0.15) is 38.5 Å². The molecule has 0 aromatic heterocycles. The van der Waals surface area contributed by atoms with Crippen LogP contribution in [0, 0.1) is 0 Å². The van der Waals surface area contributed by atoms with Gasteiger partial charge in [0.25, 0.3) is 0 Å². The summed E-state index contributed by atoms with van der Waals surface area (Å²) < 4.78 is 35.2. The van der Waals surface area contributed by atoms with Gasteiger partial charge in [0.15, 0.2) is 5.79 Å². The largest absolute Gasteiger partial charge is 0.346 e. The molecule has 0 amide bonds. The van der Waals surface area contributed by atoms with E-state index in [4.69, 9.17) is 9.47 Å². The predicted molar refractivity (Wildman–Crippen MR) is 76.3 cm³/mol. The Balaban J connectivity index is 1.66. The summed E-state index contributed by atoms with van der Waals surface area (Å²) in [5.74, 6) is -0.406. The van der Waals surface area contributed by atoms with Crippen molar-refractivity contribution in [2.75, 3.05) is 32.6 Å². The minimum absolute atomic E-state index is 0.162. The van der Waals surface area contributed by atoms with E-state index in [9.17, 15) is 8.42 Å². The maximum Gasteiger partial charge on any atom is 0.181 e. The van der Waals surface area contributed by atoms with Crippen molar-refractivity contribution in [1.82, 2.24) is 4.90 Å². The van der Waals surface area contributed by atoms with Crippen LogP contribution in [0.4, 0.5) is 0 Å². The SMILES string of the molecule is CS(=O)(=O)C1CCCC(N2CCCC3(C2)OCCO3)C1. The molecule has 2 atom stereocenters. The van der Waals surface area contributed by atoms with Crippen LogP contribution in [0.3, 0.4) is 0 Å². The highest BCUT2D eigenvalue weighted by atomic mass is 32.2. The van der Waals surface area contributed by atoms with Crippen LogP contribution in [0.25, 0.3) is 0 Å². The Morgan fingerprint density at radius 1 is 1.15 bits per heavy atom. The second kappa shape index (κ2) is 5.55. The fourth-order valence-electron chi connectivity index (χ4n) is 3.90. The van der Waals surface area contributed by atoms with E-state index >= 15 is 0 Å². The van der Waals surface area contributed by atoms with E-state index in [-0.39, 0.29) is 5.25 Å². The van der Waals surface area contributed by atoms with E-state index < -0.39 is 15.6 Å². The average molecular weight is 303 g/mol. The number of hydrogen-bond donors (Lipinski definition) is 0. The number of nitrogens with zero attached hydrogens (tertiary/aromatic N) is 1. The summed E-state index contributed by atoms with van der Waals surface area (Å²) in [7, 11) is -2.91. The smallest absolute Gasteiger partial charge is 0.181 e. The van der Waals surface area contributed by atoms with Gasteiger partial charge in [-0.15, -0.1) is 0 Å². The molecule has 3 fully saturated rings. The number of ether oxygens (including phenoxy) is 2. The van der Waals surface area contributed by atoms with Crippen molar-refractivity contribution in [3.05, 3.63) is 0 Å². The van der Waals surface area contributed by atoms with Crippen LogP contribution in [-0.2, 0) is 19.3 Å². The Bertz CT molecular complexity index is 444. The van der Waals surface area contributed by atoms with Gasteiger partial charge in [-0.25, -0.2) is 8.42 Å². The number of likely N-dealkylation sites (tertiary alicyclic amines) is 1. The van der Waals surface area contributed by atoms with E-state index in [1.807, 2.05) is 0 Å². The van der Waals surface area contributed by atoms with Gasteiger partial charge in [0.2, 0.25) is 0 Å². The second-order valence-electron chi connectivity index (χ2n) is 6.45. The minimum atomic E-state index is -2.91. The molecule has 0 radical (unpaired) electrons. The Morgan fingerprint density at radius 3 is 2.60 bits per heavy atom. The molecule has 2 aliphatic heterocycles. The zero-order valence-corrected chi connectivity index (χ0v) is 13.0. The standard InChI is InChI=1S/C14H25NO4S/c1-20(16,17)13-5-2-4-12(10-13)15-7-3-6-14(11-15)18-8-9-19-14/h12-13H,2-11H2,1H3. The molecule has 2 saturated heterocycles. The summed E-state index contributed by atoms with van der Waals surface area (Å²) in [6.45, 7) is 3.21. The quantitative estimate of drug-likeness (QED) is 0.767. The number of sulfone groups is 1. The summed E-state index contributed by atoms with van der Waals surface area (Å²) in [5, 5.41) is -0.162. The first-order valence-electron chi connectivity index (χ1n) is 7.69. The van der Waals surface area contributed by atoms with Gasteiger partial charge in [-0.3, -0.25) is 4.90 Å². The number of rotatable bonds is 2. The third-order valence-electron chi connectivity index (χ3n) is 4.98. The van der Waals surface area contributed by atoms with E-state index in [0.29, 0.717) is 19.3 Å². The van der Waals surface area contributed by atoms with E-state index in [2.05, 4.69) is 4.90 Å². The molecule has 1 saturated carbocycles. The molecule has 2 heterocycles. The Kier molecular flexibility index (Phi) is 4.10. The van der Waals surface area contributed by atoms with E-state index in [0.717, 1.165) is 51.6 Å². The first-order valence-corrected chi connectivity index (χ1v) is 9.65. The Hall–Kier alpha value is -0.170. The maximum absolute atomic E-state index is 11.8. The van der Waals surface area contributed by atoms with Crippen LogP contribution < -0.4 is 0 Å². The molecule has 0 bridgehead atoms. The van der Waals surface area contributed by atoms with Crippen molar-refractivity contribution < 1.29 is 17.9 Å². The van der Waals surface area contributed by atoms with Gasteiger partial charge < -0.3 is 9.47 Å². The van der Waals surface area contributed by atoms with Crippen molar-refractivity contribution in [2.24, 2.45) is 0 Å². The molecule has 6 heteroatoms. The fraction of sp³-hybridized carbons (Fsp3) is 1.00. The van der Waals surface area contributed by atoms with E-state index in [1.165, 1.54) is 6.26 Å². The third-order valence-corrected chi connectivity index (χ3v) is 6.62. The number of hydrogen-bond acceptors (Lipinski definition) is 5. The Morgan fingerprint density at radius 2 is 1.90 bits per heavy atom. The molecule has 2 unspecified atom stereocenters. The highest BCUT2D eigenvalue weighted by Crippen LogP contribution is 2.34. The van der Waals surface area contributed by atoms with Crippen LogP contribution in [-0.4, -0.2) is 63.0 Å². The van der Waals surface area contributed by atoms with Gasteiger partial charge in [0.05, 0.1) is 25.0 Å². The fourth-order valence-corrected chi connectivity index (χ4v) is 5.07. The molecule has 3 aliphatic rings. The van der Waals surface area contributed by atoms with Gasteiger partial charge in [-0.1, -0.05) is 6.42 Å². The van der Waals surface area contributed by atoms with Crippen LogP contribution >= 0.6 is 0 Å². The molecule has 116 valence electrons. The van der Waals surface area contributed by atoms with E-state index in [1.54, 1.807) is 0 Å². The molecule has 0 N–H and O–H groups in total. The Labute approximate surface area is 121 Å². The number of piperidine rings is 1. The molecule has 1 aliphatic carbocycles. The third kappa shape index (κ3) is 3.03. The molecule has 5 nitrogen and oxygen atoms in total. The molecule has 0 aromatic carbocycles. The van der Waals surface area contributed by atoms with Gasteiger partial charge in [0, 0.05) is 18.7 Å². The molecule has 20 heavy (non-hydrogen) atoms. The minimum Gasteiger partial charge on any atom is -0.346 e. The molecule has 1 spiro atoms. The van der Waals surface area contributed by atoms with Crippen molar-refractivity contribution in [2.45, 2.75) is 55.6 Å². The predicted octanol–water partition coefficient (Wildman–Crippen LogP) is 1.18. The summed E-state index contributed by atoms with van der Waals surface area (Å²) in [6.07, 6.45) is 7.11. The van der Waals surface area contributed by atoms with Crippen LogP contribution in [0.2, 0.25) is 0 Å². The van der Waals surface area contributed by atoms with Crippen molar-refractivity contribution in [1.29, 1.82) is 0 Å². The van der Waals surface area contributed by atoms with Crippen molar-refractivity contribution in [3.8, 4) is 0 Å². The van der Waals surface area contributed by atoms with Gasteiger partial charge in [-0.2, -0.15) is 0 Å². The van der Waals surface area contributed by atoms with Crippen LogP contribution in [0.15, 0.2) is 0 Å². The summed E-state index contributed by atoms with van der Waals surface area (Å²) in [4.78, 5) is 2.41. The molecule has 3 rings (SSSR count). The lowest BCUT2D eigenvalue weighted by atomic mass is 9.91. The molecular formula is C14H25NO4S. The van der Waals surface area contributed by atoms with Crippen molar-refractivity contribution in [3.63, 3.8) is 0 Å². The lowest BCUT2D eigenvalue weighted by Crippen LogP contribution is -2.54. The molecule has 0 aromatic rings. The lowest BCUT2D eigenvalue weighted by molar-refractivity contribution is -0.194. The maximum atomic E-state index is 11.8. The van der Waals surface area contributed by atoms with Gasteiger partial charge in [0.1, 0.15) is 9.84 Å². The highest BCUT2D eigenvalue weighted by molar-refractivity contribution is 7.91. The highest BCUT2D eigenvalue weighted by Gasteiger charge is 2.43. The monoisotopic (exact) mass is 303 g/mol. The average Bonchev–Trinajstić information content (AvgIpc) is 2.86. The van der Waals surface area contributed by atoms with Crippen LogP contribution in [0.5, 0.6) is 0 Å². The zero-order valence-electron chi connectivity index (χ0n) is 12.2. The summed E-state index contributed by atoms with van der Waals surface area (Å²) in [6, 6.07) is 0.369. The molecular weight excluding hydrogens is 278 g/mol. The van der Waals surface area contributed by atoms with Gasteiger partial charge in [-0.05, 0) is 32.2 Å². The van der Waals surface area contributed by atoms with Crippen molar-refractivity contribution >= 4 is 9.84 Å². The van der Waals surface area contributed by atoms with Gasteiger partial charge >= 0.3 is 0 Å². The summed E-state index contributed by atoms with van der Waals surface area (Å²) in [5.41, 5.74) is 0.